The van der Waals surface area contributed by atoms with Gasteiger partial charge in [0.15, 0.2) is 0 Å². The molecule has 0 aliphatic heterocycles. The molecule has 78 valence electrons. The van der Waals surface area contributed by atoms with Gasteiger partial charge in [0.25, 0.3) is 0 Å². The summed E-state index contributed by atoms with van der Waals surface area (Å²) in [5.41, 5.74) is 2.07. The van der Waals surface area contributed by atoms with Crippen LogP contribution in [-0.4, -0.2) is 4.57 Å². The van der Waals surface area contributed by atoms with E-state index in [-0.39, 0.29) is 0 Å². The van der Waals surface area contributed by atoms with Gasteiger partial charge in [-0.15, -0.1) is 0 Å². The highest BCUT2D eigenvalue weighted by molar-refractivity contribution is 9.11. The van der Waals surface area contributed by atoms with Crippen molar-refractivity contribution in [2.24, 2.45) is 0 Å². The zero-order valence-electron chi connectivity index (χ0n) is 7.97. The van der Waals surface area contributed by atoms with E-state index in [0.717, 1.165) is 25.2 Å². The van der Waals surface area contributed by atoms with Gasteiger partial charge in [-0.05, 0) is 62.5 Å². The first-order valence-corrected chi connectivity index (χ1v) is 6.35. The van der Waals surface area contributed by atoms with Gasteiger partial charge < -0.3 is 4.57 Å². The molecule has 0 saturated heterocycles. The third-order valence-electron chi connectivity index (χ3n) is 2.18. The molecule has 0 radical (unpaired) electrons. The number of halogens is 3. The molecule has 0 aliphatic rings. The summed E-state index contributed by atoms with van der Waals surface area (Å²) < 4.78 is 3.94. The lowest BCUT2D eigenvalue weighted by molar-refractivity contribution is 1.06. The molecule has 0 atom stereocenters. The maximum absolute atomic E-state index is 6.19. The largest absolute Gasteiger partial charge is 0.322 e. The minimum atomic E-state index is 0.752. The minimum Gasteiger partial charge on any atom is -0.322 e. The van der Waals surface area contributed by atoms with Crippen LogP contribution in [-0.2, 0) is 0 Å². The van der Waals surface area contributed by atoms with Crippen molar-refractivity contribution in [3.8, 4) is 5.69 Å². The predicted molar refractivity (Wildman–Crippen MR) is 70.9 cm³/mol. The van der Waals surface area contributed by atoms with Crippen molar-refractivity contribution < 1.29 is 0 Å². The lowest BCUT2D eigenvalue weighted by Gasteiger charge is -2.12. The van der Waals surface area contributed by atoms with Gasteiger partial charge in [0.05, 0.1) is 15.2 Å². The van der Waals surface area contributed by atoms with Crippen molar-refractivity contribution >= 4 is 43.5 Å². The molecule has 2 rings (SSSR count). The molecule has 15 heavy (non-hydrogen) atoms. The molecule has 1 aromatic heterocycles. The fraction of sp³-hybridized carbons (Fsp3) is 0.0909. The van der Waals surface area contributed by atoms with Gasteiger partial charge in [-0.1, -0.05) is 11.6 Å². The van der Waals surface area contributed by atoms with E-state index in [9.17, 15) is 0 Å². The molecular weight excluding hydrogens is 341 g/mol. The van der Waals surface area contributed by atoms with Gasteiger partial charge in [-0.2, -0.15) is 0 Å². The summed E-state index contributed by atoms with van der Waals surface area (Å²) in [6.07, 6.45) is 3.97. The Labute approximate surface area is 110 Å². The van der Waals surface area contributed by atoms with E-state index in [4.69, 9.17) is 11.6 Å². The number of benzene rings is 1. The number of hydrogen-bond donors (Lipinski definition) is 0. The predicted octanol–water partition coefficient (Wildman–Crippen LogP) is 4.96. The van der Waals surface area contributed by atoms with Gasteiger partial charge in [-0.3, -0.25) is 0 Å². The normalized spacial score (nSPS) is 10.7. The van der Waals surface area contributed by atoms with Crippen LogP contribution in [0.4, 0.5) is 0 Å². The second kappa shape index (κ2) is 4.32. The van der Waals surface area contributed by atoms with E-state index in [0.29, 0.717) is 0 Å². The first kappa shape index (κ1) is 11.2. The van der Waals surface area contributed by atoms with Gasteiger partial charge in [0.2, 0.25) is 0 Å². The molecule has 0 spiro atoms. The highest BCUT2D eigenvalue weighted by atomic mass is 79.9. The number of rotatable bonds is 1. The average molecular weight is 349 g/mol. The molecule has 0 bridgehead atoms. The molecule has 2 aromatic rings. The van der Waals surface area contributed by atoms with E-state index in [1.807, 2.05) is 42.1 Å². The van der Waals surface area contributed by atoms with Crippen LogP contribution in [0, 0.1) is 6.92 Å². The Hall–Kier alpha value is -0.250. The highest BCUT2D eigenvalue weighted by Crippen LogP contribution is 2.37. The van der Waals surface area contributed by atoms with E-state index < -0.39 is 0 Å². The molecule has 0 fully saturated rings. The zero-order chi connectivity index (χ0) is 11.0. The molecule has 0 amide bonds. The summed E-state index contributed by atoms with van der Waals surface area (Å²) in [7, 11) is 0. The maximum atomic E-state index is 6.19. The monoisotopic (exact) mass is 347 g/mol. The van der Waals surface area contributed by atoms with E-state index in [1.54, 1.807) is 0 Å². The fourth-order valence-corrected chi connectivity index (χ4v) is 3.31. The Morgan fingerprint density at radius 1 is 1.20 bits per heavy atom. The van der Waals surface area contributed by atoms with Crippen LogP contribution >= 0.6 is 43.5 Å². The van der Waals surface area contributed by atoms with Crippen LogP contribution < -0.4 is 0 Å². The Balaban J connectivity index is 2.72. The zero-order valence-corrected chi connectivity index (χ0v) is 11.9. The van der Waals surface area contributed by atoms with Crippen LogP contribution in [0.1, 0.15) is 5.56 Å². The Kier molecular flexibility index (Phi) is 3.24. The molecule has 1 aromatic carbocycles. The Morgan fingerprint density at radius 2 is 1.80 bits per heavy atom. The summed E-state index contributed by atoms with van der Waals surface area (Å²) in [5.74, 6) is 0. The number of aromatic nitrogens is 1. The van der Waals surface area contributed by atoms with E-state index >= 15 is 0 Å². The molecular formula is C11H8Br2ClN. The average Bonchev–Trinajstić information content (AvgIpc) is 2.68. The molecule has 1 heterocycles. The molecule has 0 aliphatic carbocycles. The second-order valence-electron chi connectivity index (χ2n) is 3.24. The quantitative estimate of drug-likeness (QED) is 0.641. The lowest BCUT2D eigenvalue weighted by atomic mass is 10.2. The van der Waals surface area contributed by atoms with Crippen LogP contribution in [0.5, 0.6) is 0 Å². The molecule has 0 saturated carbocycles. The lowest BCUT2D eigenvalue weighted by Crippen LogP contribution is -1.95. The highest BCUT2D eigenvalue weighted by Gasteiger charge is 2.12. The maximum Gasteiger partial charge on any atom is 0.0751 e. The third-order valence-corrected chi connectivity index (χ3v) is 4.27. The molecule has 4 heteroatoms. The fourth-order valence-electron chi connectivity index (χ4n) is 1.42. The minimum absolute atomic E-state index is 0.752. The number of hydrogen-bond acceptors (Lipinski definition) is 0. The number of nitrogens with zero attached hydrogens (tertiary/aromatic N) is 1. The third kappa shape index (κ3) is 2.01. The second-order valence-corrected chi connectivity index (χ2v) is 5.27. The Morgan fingerprint density at radius 3 is 2.40 bits per heavy atom. The summed E-state index contributed by atoms with van der Waals surface area (Å²) in [5, 5.41) is 0.752. The van der Waals surface area contributed by atoms with E-state index in [2.05, 4.69) is 31.9 Å². The smallest absolute Gasteiger partial charge is 0.0751 e. The van der Waals surface area contributed by atoms with Crippen LogP contribution in [0.3, 0.4) is 0 Å². The van der Waals surface area contributed by atoms with Gasteiger partial charge in [0, 0.05) is 16.9 Å². The van der Waals surface area contributed by atoms with Crippen LogP contribution in [0.15, 0.2) is 39.5 Å². The van der Waals surface area contributed by atoms with Crippen molar-refractivity contribution in [3.63, 3.8) is 0 Å². The molecule has 0 unspecified atom stereocenters. The summed E-state index contributed by atoms with van der Waals surface area (Å²) >= 11 is 13.3. The standard InChI is InChI=1S/C11H8Br2ClN/c1-7-6-8(12)11(9(13)10(7)14)15-4-2-3-5-15/h2-6H,1H3. The molecule has 0 N–H and O–H groups in total. The summed E-state index contributed by atoms with van der Waals surface area (Å²) in [6.45, 7) is 1.98. The van der Waals surface area contributed by atoms with Crippen molar-refractivity contribution in [1.29, 1.82) is 0 Å². The first-order chi connectivity index (χ1) is 7.11. The van der Waals surface area contributed by atoms with Gasteiger partial charge in [0.1, 0.15) is 0 Å². The van der Waals surface area contributed by atoms with Crippen molar-refractivity contribution in [1.82, 2.24) is 4.57 Å². The van der Waals surface area contributed by atoms with Gasteiger partial charge >= 0.3 is 0 Å². The van der Waals surface area contributed by atoms with Crippen molar-refractivity contribution in [2.75, 3.05) is 0 Å². The van der Waals surface area contributed by atoms with E-state index in [1.165, 1.54) is 0 Å². The topological polar surface area (TPSA) is 4.93 Å². The first-order valence-electron chi connectivity index (χ1n) is 4.38. The summed E-state index contributed by atoms with van der Waals surface area (Å²) in [6, 6.07) is 5.97. The number of aryl methyl sites for hydroxylation is 1. The summed E-state index contributed by atoms with van der Waals surface area (Å²) in [4.78, 5) is 0. The van der Waals surface area contributed by atoms with Gasteiger partial charge in [-0.25, -0.2) is 0 Å². The Bertz CT molecular complexity index is 492. The van der Waals surface area contributed by atoms with Crippen LogP contribution in [0.25, 0.3) is 5.69 Å². The van der Waals surface area contributed by atoms with Crippen LogP contribution in [0.2, 0.25) is 5.02 Å². The van der Waals surface area contributed by atoms with Crippen molar-refractivity contribution in [3.05, 3.63) is 50.1 Å². The SMILES string of the molecule is Cc1cc(Br)c(-n2cccc2)c(Br)c1Cl. The van der Waals surface area contributed by atoms with Crippen molar-refractivity contribution in [2.45, 2.75) is 6.92 Å². The molecule has 1 nitrogen and oxygen atoms in total.